The van der Waals surface area contributed by atoms with Gasteiger partial charge in [-0.25, -0.2) is 4.98 Å². The molecule has 1 N–H and O–H groups in total. The second kappa shape index (κ2) is 8.89. The van der Waals surface area contributed by atoms with Gasteiger partial charge in [-0.1, -0.05) is 28.1 Å². The number of rotatable bonds is 7. The third kappa shape index (κ3) is 4.34. The highest BCUT2D eigenvalue weighted by molar-refractivity contribution is 9.10. The zero-order chi connectivity index (χ0) is 21.1. The van der Waals surface area contributed by atoms with Gasteiger partial charge >= 0.3 is 0 Å². The lowest BCUT2D eigenvalue weighted by Crippen LogP contribution is -2.30. The highest BCUT2D eigenvalue weighted by Crippen LogP contribution is 2.24. The van der Waals surface area contributed by atoms with E-state index in [0.717, 1.165) is 22.2 Å². The van der Waals surface area contributed by atoms with Gasteiger partial charge in [0.05, 0.1) is 11.1 Å². The minimum atomic E-state index is -0.216. The van der Waals surface area contributed by atoms with Crippen LogP contribution in [-0.2, 0) is 6.42 Å². The first-order valence-electron chi connectivity index (χ1n) is 9.50. The van der Waals surface area contributed by atoms with Crippen molar-refractivity contribution in [2.45, 2.75) is 19.3 Å². The predicted molar refractivity (Wildman–Crippen MR) is 119 cm³/mol. The van der Waals surface area contributed by atoms with Crippen molar-refractivity contribution in [3.05, 3.63) is 80.8 Å². The number of hydrogen-bond acceptors (Lipinski definition) is 5. The van der Waals surface area contributed by atoms with Gasteiger partial charge in [0.15, 0.2) is 5.13 Å². The summed E-state index contributed by atoms with van der Waals surface area (Å²) in [6, 6.07) is 14.0. The summed E-state index contributed by atoms with van der Waals surface area (Å²) in [4.78, 5) is 43.6. The Labute approximate surface area is 186 Å². The quantitative estimate of drug-likeness (QED) is 0.387. The Morgan fingerprint density at radius 1 is 1.00 bits per heavy atom. The number of carbonyl (C=O) groups excluding carboxylic acids is 3. The normalized spacial score (nSPS) is 12.9. The molecule has 30 heavy (non-hydrogen) atoms. The molecule has 6 nitrogen and oxygen atoms in total. The fourth-order valence-electron chi connectivity index (χ4n) is 3.26. The minimum Gasteiger partial charge on any atom is -0.298 e. The van der Waals surface area contributed by atoms with Crippen LogP contribution in [0.3, 0.4) is 0 Å². The number of amides is 3. The Hall–Kier alpha value is -2.84. The molecule has 1 aliphatic rings. The van der Waals surface area contributed by atoms with Crippen molar-refractivity contribution in [2.75, 3.05) is 11.9 Å². The van der Waals surface area contributed by atoms with Crippen molar-refractivity contribution >= 4 is 50.1 Å². The zero-order valence-corrected chi connectivity index (χ0v) is 18.3. The maximum atomic E-state index is 12.4. The molecule has 0 spiro atoms. The standard InChI is InChI=1S/C22H18BrN3O3S/c23-15-10-8-14(9-11-15)19(27)25-22-24-13-16(30-22)5-3-4-12-26-20(28)17-6-1-2-7-18(17)21(26)29/h1-2,6-11,13H,3-5,12H2,(H,24,25,27). The van der Waals surface area contributed by atoms with Gasteiger partial charge in [-0.15, -0.1) is 11.3 Å². The van der Waals surface area contributed by atoms with Crippen LogP contribution in [0.1, 0.15) is 48.8 Å². The number of benzene rings is 2. The lowest BCUT2D eigenvalue weighted by Gasteiger charge is -2.13. The number of carbonyl (C=O) groups is 3. The first-order chi connectivity index (χ1) is 14.5. The van der Waals surface area contributed by atoms with E-state index in [-0.39, 0.29) is 17.7 Å². The highest BCUT2D eigenvalue weighted by Gasteiger charge is 2.34. The molecule has 2 heterocycles. The van der Waals surface area contributed by atoms with Gasteiger partial charge in [0.2, 0.25) is 0 Å². The molecular formula is C22H18BrN3O3S. The fraction of sp³-hybridized carbons (Fsp3) is 0.182. The lowest BCUT2D eigenvalue weighted by atomic mass is 10.1. The lowest BCUT2D eigenvalue weighted by molar-refractivity contribution is 0.0651. The maximum Gasteiger partial charge on any atom is 0.261 e. The number of thiazole rings is 1. The molecule has 4 rings (SSSR count). The van der Waals surface area contributed by atoms with E-state index in [9.17, 15) is 14.4 Å². The molecule has 0 atom stereocenters. The van der Waals surface area contributed by atoms with E-state index in [4.69, 9.17) is 0 Å². The summed E-state index contributed by atoms with van der Waals surface area (Å²) in [7, 11) is 0. The summed E-state index contributed by atoms with van der Waals surface area (Å²) in [5, 5.41) is 3.36. The number of unbranched alkanes of at least 4 members (excludes halogenated alkanes) is 1. The summed E-state index contributed by atoms with van der Waals surface area (Å²) in [5.74, 6) is -0.633. The Bertz CT molecular complexity index is 1080. The average Bonchev–Trinajstić information content (AvgIpc) is 3.29. The topological polar surface area (TPSA) is 79.4 Å². The molecule has 1 aromatic heterocycles. The van der Waals surface area contributed by atoms with Crippen molar-refractivity contribution in [3.8, 4) is 0 Å². The van der Waals surface area contributed by atoms with Crippen LogP contribution in [0.25, 0.3) is 0 Å². The van der Waals surface area contributed by atoms with Crippen LogP contribution in [0.15, 0.2) is 59.2 Å². The van der Waals surface area contributed by atoms with Crippen molar-refractivity contribution in [3.63, 3.8) is 0 Å². The van der Waals surface area contributed by atoms with E-state index in [2.05, 4.69) is 26.2 Å². The van der Waals surface area contributed by atoms with Crippen LogP contribution in [0, 0.1) is 0 Å². The third-order valence-electron chi connectivity index (χ3n) is 4.81. The van der Waals surface area contributed by atoms with Gasteiger partial charge in [0.25, 0.3) is 17.7 Å². The van der Waals surface area contributed by atoms with Crippen LogP contribution in [-0.4, -0.2) is 34.2 Å². The van der Waals surface area contributed by atoms with Gasteiger partial charge in [0.1, 0.15) is 0 Å². The molecule has 8 heteroatoms. The van der Waals surface area contributed by atoms with Crippen LogP contribution >= 0.6 is 27.3 Å². The highest BCUT2D eigenvalue weighted by atomic mass is 79.9. The predicted octanol–water partition coefficient (Wildman–Crippen LogP) is 4.78. The molecule has 0 fully saturated rings. The van der Waals surface area contributed by atoms with Gasteiger partial charge in [-0.05, 0) is 55.7 Å². The van der Waals surface area contributed by atoms with Crippen LogP contribution in [0.2, 0.25) is 0 Å². The van der Waals surface area contributed by atoms with Gasteiger partial charge in [0, 0.05) is 27.7 Å². The van der Waals surface area contributed by atoms with Gasteiger partial charge in [-0.3, -0.25) is 24.6 Å². The summed E-state index contributed by atoms with van der Waals surface area (Å²) in [6.45, 7) is 0.401. The molecule has 3 aromatic rings. The number of aryl methyl sites for hydroxylation is 1. The molecule has 0 bridgehead atoms. The molecular weight excluding hydrogens is 466 g/mol. The number of hydrogen-bond donors (Lipinski definition) is 1. The first-order valence-corrected chi connectivity index (χ1v) is 11.1. The Kier molecular flexibility index (Phi) is 6.06. The van der Waals surface area contributed by atoms with E-state index < -0.39 is 0 Å². The Balaban J connectivity index is 1.25. The van der Waals surface area contributed by atoms with Crippen molar-refractivity contribution in [1.29, 1.82) is 0 Å². The number of anilines is 1. The van der Waals surface area contributed by atoms with E-state index in [1.165, 1.54) is 16.2 Å². The molecule has 2 aromatic carbocycles. The monoisotopic (exact) mass is 483 g/mol. The van der Waals surface area contributed by atoms with Crippen LogP contribution in [0.5, 0.6) is 0 Å². The number of fused-ring (bicyclic) bond motifs is 1. The molecule has 0 saturated carbocycles. The number of halogens is 1. The van der Waals surface area contributed by atoms with E-state index in [1.54, 1.807) is 42.6 Å². The minimum absolute atomic E-state index is 0.200. The molecule has 0 radical (unpaired) electrons. The van der Waals surface area contributed by atoms with Crippen LogP contribution < -0.4 is 5.32 Å². The fourth-order valence-corrected chi connectivity index (χ4v) is 4.38. The number of nitrogens with zero attached hydrogens (tertiary/aromatic N) is 2. The summed E-state index contributed by atoms with van der Waals surface area (Å²) < 4.78 is 0.914. The summed E-state index contributed by atoms with van der Waals surface area (Å²) >= 11 is 4.78. The molecule has 0 unspecified atom stereocenters. The summed E-state index contributed by atoms with van der Waals surface area (Å²) in [6.07, 6.45) is 4.05. The van der Waals surface area contributed by atoms with Crippen molar-refractivity contribution in [1.82, 2.24) is 9.88 Å². The van der Waals surface area contributed by atoms with Gasteiger partial charge in [-0.2, -0.15) is 0 Å². The van der Waals surface area contributed by atoms with E-state index in [0.29, 0.717) is 34.8 Å². The second-order valence-corrected chi connectivity index (χ2v) is 8.89. The van der Waals surface area contributed by atoms with E-state index in [1.807, 2.05) is 12.1 Å². The van der Waals surface area contributed by atoms with Crippen molar-refractivity contribution in [2.24, 2.45) is 0 Å². The molecule has 0 aliphatic carbocycles. The SMILES string of the molecule is O=C(Nc1ncc(CCCCN2C(=O)c3ccccc3C2=O)s1)c1ccc(Br)cc1. The maximum absolute atomic E-state index is 12.4. The Morgan fingerprint density at radius 3 is 2.33 bits per heavy atom. The number of aromatic nitrogens is 1. The zero-order valence-electron chi connectivity index (χ0n) is 15.9. The van der Waals surface area contributed by atoms with E-state index >= 15 is 0 Å². The second-order valence-electron chi connectivity index (χ2n) is 6.86. The largest absolute Gasteiger partial charge is 0.298 e. The van der Waals surface area contributed by atoms with Crippen LogP contribution in [0.4, 0.5) is 5.13 Å². The molecule has 3 amide bonds. The first kappa shape index (κ1) is 20.4. The number of imide groups is 1. The van der Waals surface area contributed by atoms with Crippen molar-refractivity contribution < 1.29 is 14.4 Å². The molecule has 1 aliphatic heterocycles. The van der Waals surface area contributed by atoms with Gasteiger partial charge < -0.3 is 0 Å². The number of nitrogens with one attached hydrogen (secondary N) is 1. The molecule has 152 valence electrons. The third-order valence-corrected chi connectivity index (χ3v) is 6.31. The Morgan fingerprint density at radius 2 is 1.67 bits per heavy atom. The molecule has 0 saturated heterocycles. The average molecular weight is 484 g/mol. The smallest absolute Gasteiger partial charge is 0.261 e. The summed E-state index contributed by atoms with van der Waals surface area (Å²) in [5.41, 5.74) is 1.53.